The van der Waals surface area contributed by atoms with Crippen LogP contribution in [0.4, 0.5) is 0 Å². The van der Waals surface area contributed by atoms with Crippen molar-refractivity contribution in [2.24, 2.45) is 0 Å². The molecule has 2 N–H and O–H groups in total. The summed E-state index contributed by atoms with van der Waals surface area (Å²) in [4.78, 5) is 23.7. The maximum Gasteiger partial charge on any atom is 0.251 e. The Labute approximate surface area is 136 Å². The van der Waals surface area contributed by atoms with E-state index in [0.717, 1.165) is 17.5 Å². The molecule has 2 aromatic carbocycles. The van der Waals surface area contributed by atoms with E-state index in [1.165, 1.54) is 0 Å². The number of hydrogen-bond acceptors (Lipinski definition) is 2. The van der Waals surface area contributed by atoms with Gasteiger partial charge in [0, 0.05) is 25.1 Å². The standard InChI is InChI=1S/C19H22N2O2/c1-15-6-5-9-17(14-15)19(23)21-13-12-20-18(22)11-10-16-7-3-2-4-8-16/h2-9,14H,10-13H2,1H3,(H,20,22)(H,21,23). The number of benzene rings is 2. The molecule has 0 spiro atoms. The zero-order chi connectivity index (χ0) is 16.5. The number of carbonyl (C=O) groups excluding carboxylic acids is 2. The van der Waals surface area contributed by atoms with E-state index in [4.69, 9.17) is 0 Å². The molecule has 120 valence electrons. The summed E-state index contributed by atoms with van der Waals surface area (Å²) >= 11 is 0. The first-order valence-corrected chi connectivity index (χ1v) is 7.80. The molecule has 2 aromatic rings. The minimum absolute atomic E-state index is 0.00124. The molecule has 0 saturated heterocycles. The van der Waals surface area contributed by atoms with Crippen LogP contribution in [-0.2, 0) is 11.2 Å². The van der Waals surface area contributed by atoms with Crippen LogP contribution in [0.1, 0.15) is 27.9 Å². The van der Waals surface area contributed by atoms with Crippen molar-refractivity contribution in [3.05, 3.63) is 71.3 Å². The van der Waals surface area contributed by atoms with Crippen molar-refractivity contribution in [3.8, 4) is 0 Å². The Kier molecular flexibility index (Phi) is 6.36. The minimum atomic E-state index is -0.118. The topological polar surface area (TPSA) is 58.2 Å². The van der Waals surface area contributed by atoms with Crippen molar-refractivity contribution in [2.45, 2.75) is 19.8 Å². The first-order valence-electron chi connectivity index (χ1n) is 7.80. The lowest BCUT2D eigenvalue weighted by molar-refractivity contribution is -0.121. The number of rotatable bonds is 7. The van der Waals surface area contributed by atoms with Gasteiger partial charge >= 0.3 is 0 Å². The average molecular weight is 310 g/mol. The molecule has 0 aliphatic rings. The Bertz CT molecular complexity index is 653. The number of aryl methyl sites for hydroxylation is 2. The third-order valence-electron chi connectivity index (χ3n) is 3.50. The van der Waals surface area contributed by atoms with Crippen molar-refractivity contribution in [1.82, 2.24) is 10.6 Å². The van der Waals surface area contributed by atoms with Crippen LogP contribution in [-0.4, -0.2) is 24.9 Å². The lowest BCUT2D eigenvalue weighted by atomic mass is 10.1. The molecule has 0 aromatic heterocycles. The van der Waals surface area contributed by atoms with Crippen LogP contribution in [0.15, 0.2) is 54.6 Å². The van der Waals surface area contributed by atoms with Crippen LogP contribution in [0.5, 0.6) is 0 Å². The van der Waals surface area contributed by atoms with Crippen molar-refractivity contribution in [2.75, 3.05) is 13.1 Å². The van der Waals surface area contributed by atoms with Gasteiger partial charge in [0.2, 0.25) is 5.91 Å². The van der Waals surface area contributed by atoms with Gasteiger partial charge in [-0.3, -0.25) is 9.59 Å². The summed E-state index contributed by atoms with van der Waals surface area (Å²) in [6.45, 7) is 2.80. The number of amides is 2. The Morgan fingerprint density at radius 1 is 0.913 bits per heavy atom. The Morgan fingerprint density at radius 2 is 1.65 bits per heavy atom. The normalized spacial score (nSPS) is 10.1. The average Bonchev–Trinajstić information content (AvgIpc) is 2.57. The second kappa shape index (κ2) is 8.73. The fourth-order valence-electron chi connectivity index (χ4n) is 2.26. The summed E-state index contributed by atoms with van der Waals surface area (Å²) < 4.78 is 0. The summed E-state index contributed by atoms with van der Waals surface area (Å²) in [6.07, 6.45) is 1.18. The molecular formula is C19H22N2O2. The summed E-state index contributed by atoms with van der Waals surface area (Å²) in [7, 11) is 0. The van der Waals surface area contributed by atoms with Gasteiger partial charge < -0.3 is 10.6 Å². The predicted molar refractivity (Wildman–Crippen MR) is 91.3 cm³/mol. The molecule has 2 rings (SSSR count). The van der Waals surface area contributed by atoms with Crippen molar-refractivity contribution in [1.29, 1.82) is 0 Å². The molecule has 0 fully saturated rings. The van der Waals surface area contributed by atoms with Gasteiger partial charge in [0.05, 0.1) is 0 Å². The van der Waals surface area contributed by atoms with Crippen LogP contribution in [0.3, 0.4) is 0 Å². The zero-order valence-electron chi connectivity index (χ0n) is 13.3. The molecule has 0 heterocycles. The van der Waals surface area contributed by atoms with Crippen LogP contribution in [0, 0.1) is 6.92 Å². The molecule has 0 unspecified atom stereocenters. The summed E-state index contributed by atoms with van der Waals surface area (Å²) in [5, 5.41) is 5.62. The fourth-order valence-corrected chi connectivity index (χ4v) is 2.26. The number of hydrogen-bond donors (Lipinski definition) is 2. The van der Waals surface area contributed by atoms with Crippen LogP contribution in [0.2, 0.25) is 0 Å². The Hall–Kier alpha value is -2.62. The lowest BCUT2D eigenvalue weighted by Gasteiger charge is -2.08. The molecule has 0 aliphatic carbocycles. The van der Waals surface area contributed by atoms with Crippen LogP contribution >= 0.6 is 0 Å². The monoisotopic (exact) mass is 310 g/mol. The maximum absolute atomic E-state index is 11.9. The number of carbonyl (C=O) groups is 2. The van der Waals surface area contributed by atoms with E-state index in [1.807, 2.05) is 55.5 Å². The Balaban J connectivity index is 1.63. The summed E-state index contributed by atoms with van der Waals surface area (Å²) in [5.74, 6) is -0.120. The van der Waals surface area contributed by atoms with Gasteiger partial charge in [-0.25, -0.2) is 0 Å². The van der Waals surface area contributed by atoms with E-state index in [0.29, 0.717) is 25.1 Å². The molecule has 4 nitrogen and oxygen atoms in total. The van der Waals surface area contributed by atoms with Gasteiger partial charge in [-0.2, -0.15) is 0 Å². The van der Waals surface area contributed by atoms with Gasteiger partial charge in [0.1, 0.15) is 0 Å². The SMILES string of the molecule is Cc1cccc(C(=O)NCCNC(=O)CCc2ccccc2)c1. The molecule has 0 atom stereocenters. The van der Waals surface area contributed by atoms with Crippen LogP contribution in [0.25, 0.3) is 0 Å². The zero-order valence-corrected chi connectivity index (χ0v) is 13.3. The lowest BCUT2D eigenvalue weighted by Crippen LogP contribution is -2.34. The van der Waals surface area contributed by atoms with Gasteiger partial charge in [-0.1, -0.05) is 48.0 Å². The smallest absolute Gasteiger partial charge is 0.251 e. The highest BCUT2D eigenvalue weighted by molar-refractivity contribution is 5.94. The molecule has 0 saturated carbocycles. The van der Waals surface area contributed by atoms with Gasteiger partial charge in [0.25, 0.3) is 5.91 Å². The first-order chi connectivity index (χ1) is 11.1. The number of nitrogens with one attached hydrogen (secondary N) is 2. The van der Waals surface area contributed by atoms with Crippen molar-refractivity contribution >= 4 is 11.8 Å². The largest absolute Gasteiger partial charge is 0.354 e. The summed E-state index contributed by atoms with van der Waals surface area (Å²) in [6, 6.07) is 17.3. The van der Waals surface area contributed by atoms with E-state index in [9.17, 15) is 9.59 Å². The molecule has 2 amide bonds. The molecule has 0 aliphatic heterocycles. The van der Waals surface area contributed by atoms with Crippen LogP contribution < -0.4 is 10.6 Å². The van der Waals surface area contributed by atoms with E-state index in [1.54, 1.807) is 6.07 Å². The van der Waals surface area contributed by atoms with E-state index < -0.39 is 0 Å². The van der Waals surface area contributed by atoms with E-state index in [-0.39, 0.29) is 11.8 Å². The highest BCUT2D eigenvalue weighted by atomic mass is 16.2. The maximum atomic E-state index is 11.9. The molecule has 0 bridgehead atoms. The predicted octanol–water partition coefficient (Wildman–Crippen LogP) is 2.47. The van der Waals surface area contributed by atoms with Crippen molar-refractivity contribution in [3.63, 3.8) is 0 Å². The third kappa shape index (κ3) is 5.94. The van der Waals surface area contributed by atoms with E-state index >= 15 is 0 Å². The summed E-state index contributed by atoms with van der Waals surface area (Å²) in [5.41, 5.74) is 2.84. The fraction of sp³-hybridized carbons (Fsp3) is 0.263. The molecule has 23 heavy (non-hydrogen) atoms. The molecular weight excluding hydrogens is 288 g/mol. The second-order valence-corrected chi connectivity index (χ2v) is 5.46. The first kappa shape index (κ1) is 16.7. The molecule has 0 radical (unpaired) electrons. The van der Waals surface area contributed by atoms with Crippen molar-refractivity contribution < 1.29 is 9.59 Å². The molecule has 4 heteroatoms. The third-order valence-corrected chi connectivity index (χ3v) is 3.50. The highest BCUT2D eigenvalue weighted by Crippen LogP contribution is 2.03. The van der Waals surface area contributed by atoms with Gasteiger partial charge in [-0.15, -0.1) is 0 Å². The Morgan fingerprint density at radius 3 is 2.39 bits per heavy atom. The quantitative estimate of drug-likeness (QED) is 0.772. The second-order valence-electron chi connectivity index (χ2n) is 5.46. The van der Waals surface area contributed by atoms with E-state index in [2.05, 4.69) is 10.6 Å². The van der Waals surface area contributed by atoms with Gasteiger partial charge in [0.15, 0.2) is 0 Å². The highest BCUT2D eigenvalue weighted by Gasteiger charge is 2.05. The minimum Gasteiger partial charge on any atom is -0.354 e. The van der Waals surface area contributed by atoms with Gasteiger partial charge in [-0.05, 0) is 31.0 Å².